The standard InChI is InChI=1S/C22H26N2O4/c1-26-20-14-24(16-22(20)12-5-13-27-22)15-21(25)23-17-8-10-19(11-9-17)28-18-6-3-2-4-7-18/h2-4,6-11,20H,5,12-16H2,1H3,(H,23,25)/t20-,22-/m1/s1. The maximum Gasteiger partial charge on any atom is 0.238 e. The number of amides is 1. The van der Waals surface area contributed by atoms with Crippen molar-refractivity contribution < 1.29 is 19.0 Å². The Morgan fingerprint density at radius 2 is 1.93 bits per heavy atom. The highest BCUT2D eigenvalue weighted by molar-refractivity contribution is 5.92. The largest absolute Gasteiger partial charge is 0.457 e. The molecule has 2 saturated heterocycles. The first-order chi connectivity index (χ1) is 13.7. The molecule has 6 heteroatoms. The predicted octanol–water partition coefficient (Wildman–Crippen LogP) is 3.30. The highest BCUT2D eigenvalue weighted by atomic mass is 16.6. The number of likely N-dealkylation sites (tertiary alicyclic amines) is 1. The van der Waals surface area contributed by atoms with E-state index in [0.29, 0.717) is 13.1 Å². The van der Waals surface area contributed by atoms with Crippen molar-refractivity contribution in [2.24, 2.45) is 0 Å². The second-order valence-electron chi connectivity index (χ2n) is 7.40. The number of methoxy groups -OCH3 is 1. The van der Waals surface area contributed by atoms with Gasteiger partial charge in [0.2, 0.25) is 5.91 Å². The van der Waals surface area contributed by atoms with Crippen LogP contribution in [0.2, 0.25) is 0 Å². The molecule has 0 aromatic heterocycles. The molecule has 0 saturated carbocycles. The summed E-state index contributed by atoms with van der Waals surface area (Å²) in [6.45, 7) is 2.56. The van der Waals surface area contributed by atoms with Gasteiger partial charge in [0.1, 0.15) is 17.1 Å². The van der Waals surface area contributed by atoms with Gasteiger partial charge in [-0.15, -0.1) is 0 Å². The smallest absolute Gasteiger partial charge is 0.238 e. The summed E-state index contributed by atoms with van der Waals surface area (Å²) < 4.78 is 17.4. The van der Waals surface area contributed by atoms with Crippen LogP contribution in [0.1, 0.15) is 12.8 Å². The van der Waals surface area contributed by atoms with E-state index < -0.39 is 0 Å². The van der Waals surface area contributed by atoms with E-state index >= 15 is 0 Å². The molecule has 0 bridgehead atoms. The second kappa shape index (κ2) is 8.31. The molecule has 28 heavy (non-hydrogen) atoms. The fraction of sp³-hybridized carbons (Fsp3) is 0.409. The fourth-order valence-corrected chi connectivity index (χ4v) is 4.09. The number of nitrogens with one attached hydrogen (secondary N) is 1. The number of anilines is 1. The van der Waals surface area contributed by atoms with Crippen LogP contribution in [0, 0.1) is 0 Å². The van der Waals surface area contributed by atoms with Gasteiger partial charge in [-0.1, -0.05) is 18.2 Å². The molecule has 2 aromatic rings. The van der Waals surface area contributed by atoms with E-state index in [-0.39, 0.29) is 17.6 Å². The molecule has 2 atom stereocenters. The van der Waals surface area contributed by atoms with E-state index in [2.05, 4.69) is 10.2 Å². The minimum absolute atomic E-state index is 0.0252. The number of nitrogens with zero attached hydrogens (tertiary/aromatic N) is 1. The molecular formula is C22H26N2O4. The molecule has 2 aromatic carbocycles. The number of carbonyl (C=O) groups is 1. The number of carbonyl (C=O) groups excluding carboxylic acids is 1. The minimum Gasteiger partial charge on any atom is -0.457 e. The van der Waals surface area contributed by atoms with E-state index in [0.717, 1.165) is 43.2 Å². The van der Waals surface area contributed by atoms with Crippen LogP contribution in [0.4, 0.5) is 5.69 Å². The average Bonchev–Trinajstić information content (AvgIpc) is 3.31. The van der Waals surface area contributed by atoms with Gasteiger partial charge in [-0.25, -0.2) is 0 Å². The summed E-state index contributed by atoms with van der Waals surface area (Å²) >= 11 is 0. The van der Waals surface area contributed by atoms with Crippen molar-refractivity contribution in [1.82, 2.24) is 4.90 Å². The van der Waals surface area contributed by atoms with Gasteiger partial charge in [-0.05, 0) is 49.2 Å². The summed E-state index contributed by atoms with van der Waals surface area (Å²) in [6, 6.07) is 17.0. The van der Waals surface area contributed by atoms with Crippen molar-refractivity contribution in [3.05, 3.63) is 54.6 Å². The molecule has 4 rings (SSSR count). The number of benzene rings is 2. The van der Waals surface area contributed by atoms with Gasteiger partial charge < -0.3 is 19.5 Å². The lowest BCUT2D eigenvalue weighted by atomic mass is 9.97. The Hall–Kier alpha value is -2.41. The highest BCUT2D eigenvalue weighted by Gasteiger charge is 2.50. The zero-order chi connectivity index (χ0) is 19.4. The van der Waals surface area contributed by atoms with Crippen molar-refractivity contribution in [2.45, 2.75) is 24.5 Å². The molecule has 1 spiro atoms. The summed E-state index contributed by atoms with van der Waals surface area (Å²) in [5.74, 6) is 1.47. The number of rotatable bonds is 6. The Bertz CT molecular complexity index is 788. The normalized spacial score (nSPS) is 24.5. The van der Waals surface area contributed by atoms with Gasteiger partial charge in [0.05, 0.1) is 12.6 Å². The second-order valence-corrected chi connectivity index (χ2v) is 7.40. The molecule has 2 aliphatic heterocycles. The fourth-order valence-electron chi connectivity index (χ4n) is 4.09. The monoisotopic (exact) mass is 382 g/mol. The number of hydrogen-bond donors (Lipinski definition) is 1. The van der Waals surface area contributed by atoms with Crippen molar-refractivity contribution in [1.29, 1.82) is 0 Å². The third kappa shape index (κ3) is 4.19. The summed E-state index contributed by atoms with van der Waals surface area (Å²) in [5, 5.41) is 2.95. The first-order valence-corrected chi connectivity index (χ1v) is 9.69. The van der Waals surface area contributed by atoms with Crippen molar-refractivity contribution in [3.63, 3.8) is 0 Å². The Morgan fingerprint density at radius 1 is 1.18 bits per heavy atom. The Kier molecular flexibility index (Phi) is 5.62. The van der Waals surface area contributed by atoms with Crippen molar-refractivity contribution in [3.8, 4) is 11.5 Å². The van der Waals surface area contributed by atoms with Crippen LogP contribution in [-0.2, 0) is 14.3 Å². The zero-order valence-electron chi connectivity index (χ0n) is 16.1. The zero-order valence-corrected chi connectivity index (χ0v) is 16.1. The molecule has 2 aliphatic rings. The quantitative estimate of drug-likeness (QED) is 0.831. The molecule has 6 nitrogen and oxygen atoms in total. The van der Waals surface area contributed by atoms with Crippen LogP contribution >= 0.6 is 0 Å². The molecule has 0 unspecified atom stereocenters. The van der Waals surface area contributed by atoms with Crippen molar-refractivity contribution in [2.75, 3.05) is 38.7 Å². The van der Waals surface area contributed by atoms with E-state index in [1.807, 2.05) is 54.6 Å². The van der Waals surface area contributed by atoms with Gasteiger partial charge in [0.25, 0.3) is 0 Å². The Balaban J connectivity index is 1.30. The molecule has 2 heterocycles. The lowest BCUT2D eigenvalue weighted by Gasteiger charge is -2.28. The van der Waals surface area contributed by atoms with Crippen LogP contribution in [0.15, 0.2) is 54.6 Å². The maximum absolute atomic E-state index is 12.5. The maximum atomic E-state index is 12.5. The summed E-state index contributed by atoms with van der Waals surface area (Å²) in [7, 11) is 1.72. The van der Waals surface area contributed by atoms with Crippen LogP contribution in [0.3, 0.4) is 0 Å². The van der Waals surface area contributed by atoms with Crippen LogP contribution in [0.25, 0.3) is 0 Å². The lowest BCUT2D eigenvalue weighted by Crippen LogP contribution is -2.42. The van der Waals surface area contributed by atoms with Gasteiger partial charge in [-0.3, -0.25) is 9.69 Å². The van der Waals surface area contributed by atoms with Crippen LogP contribution in [0.5, 0.6) is 11.5 Å². The average molecular weight is 382 g/mol. The van der Waals surface area contributed by atoms with E-state index in [4.69, 9.17) is 14.2 Å². The van der Waals surface area contributed by atoms with Gasteiger partial charge in [0.15, 0.2) is 0 Å². The Labute approximate surface area is 165 Å². The lowest BCUT2D eigenvalue weighted by molar-refractivity contribution is -0.117. The Morgan fingerprint density at radius 3 is 2.61 bits per heavy atom. The molecule has 148 valence electrons. The summed E-state index contributed by atoms with van der Waals surface area (Å²) in [4.78, 5) is 14.6. The van der Waals surface area contributed by atoms with Gasteiger partial charge in [0, 0.05) is 32.5 Å². The van der Waals surface area contributed by atoms with E-state index in [1.54, 1.807) is 7.11 Å². The van der Waals surface area contributed by atoms with Crippen molar-refractivity contribution >= 4 is 11.6 Å². The van der Waals surface area contributed by atoms with E-state index in [9.17, 15) is 4.79 Å². The van der Waals surface area contributed by atoms with E-state index in [1.165, 1.54) is 0 Å². The topological polar surface area (TPSA) is 60.0 Å². The molecule has 0 aliphatic carbocycles. The summed E-state index contributed by atoms with van der Waals surface area (Å²) in [6.07, 6.45) is 2.07. The van der Waals surface area contributed by atoms with Gasteiger partial charge in [-0.2, -0.15) is 0 Å². The number of ether oxygens (including phenoxy) is 3. The first kappa shape index (κ1) is 18.9. The van der Waals surface area contributed by atoms with Gasteiger partial charge >= 0.3 is 0 Å². The third-order valence-corrected chi connectivity index (χ3v) is 5.40. The highest BCUT2D eigenvalue weighted by Crippen LogP contribution is 2.36. The first-order valence-electron chi connectivity index (χ1n) is 9.69. The van der Waals surface area contributed by atoms with Crippen LogP contribution < -0.4 is 10.1 Å². The third-order valence-electron chi connectivity index (χ3n) is 5.40. The van der Waals surface area contributed by atoms with Crippen LogP contribution in [-0.4, -0.2) is 55.9 Å². The molecule has 2 fully saturated rings. The molecular weight excluding hydrogens is 356 g/mol. The molecule has 1 amide bonds. The molecule has 1 N–H and O–H groups in total. The predicted molar refractivity (Wildman–Crippen MR) is 107 cm³/mol. The molecule has 0 radical (unpaired) electrons. The SMILES string of the molecule is CO[C@@H]1CN(CC(=O)Nc2ccc(Oc3ccccc3)cc2)C[C@]12CCCO2. The summed E-state index contributed by atoms with van der Waals surface area (Å²) in [5.41, 5.74) is 0.505. The number of hydrogen-bond acceptors (Lipinski definition) is 5. The minimum atomic E-state index is -0.245. The number of para-hydroxylation sites is 1.